The molecule has 2 aromatic rings. The van der Waals surface area contributed by atoms with Crippen molar-refractivity contribution in [3.05, 3.63) is 60.2 Å². The van der Waals surface area contributed by atoms with E-state index in [1.54, 1.807) is 0 Å². The van der Waals surface area contributed by atoms with Gasteiger partial charge in [-0.2, -0.15) is 0 Å². The fourth-order valence-electron chi connectivity index (χ4n) is 4.09. The molecule has 2 heterocycles. The second kappa shape index (κ2) is 13.3. The van der Waals surface area contributed by atoms with Crippen LogP contribution in [0.3, 0.4) is 0 Å². The van der Waals surface area contributed by atoms with Gasteiger partial charge >= 0.3 is 7.12 Å². The van der Waals surface area contributed by atoms with Crippen molar-refractivity contribution in [2.24, 2.45) is 5.92 Å². The minimum Gasteiger partial charge on any atom is -0.508 e. The minimum absolute atomic E-state index is 0.0688. The van der Waals surface area contributed by atoms with Crippen molar-refractivity contribution < 1.29 is 28.5 Å². The summed E-state index contributed by atoms with van der Waals surface area (Å²) in [6.07, 6.45) is 3.46. The van der Waals surface area contributed by atoms with E-state index in [1.165, 1.54) is 18.6 Å². The second-order valence-corrected chi connectivity index (χ2v) is 11.0. The Morgan fingerprint density at radius 1 is 1.10 bits per heavy atom. The van der Waals surface area contributed by atoms with E-state index in [2.05, 4.69) is 25.9 Å². The Kier molecular flexibility index (Phi) is 10.2. The average Bonchev–Trinajstić information content (AvgIpc) is 2.87. The number of hydrogen-bond acceptors (Lipinski definition) is 8. The Bertz CT molecular complexity index is 1140. The highest BCUT2D eigenvalue weighted by molar-refractivity contribution is 6.50. The van der Waals surface area contributed by atoms with Gasteiger partial charge in [0.2, 0.25) is 11.8 Å². The maximum absolute atomic E-state index is 13.6. The zero-order valence-electron chi connectivity index (χ0n) is 23.0. The lowest BCUT2D eigenvalue weighted by molar-refractivity contribution is -0.149. The quantitative estimate of drug-likeness (QED) is 0.388. The van der Waals surface area contributed by atoms with E-state index >= 15 is 0 Å². The fourth-order valence-corrected chi connectivity index (χ4v) is 4.09. The van der Waals surface area contributed by atoms with E-state index in [1.807, 2.05) is 65.0 Å². The lowest BCUT2D eigenvalue weighted by Crippen LogP contribution is -2.60. The molecule has 3 amide bonds. The molecule has 0 radical (unpaired) electrons. The first kappa shape index (κ1) is 29.8. The third kappa shape index (κ3) is 9.47. The molecule has 1 fully saturated rings. The highest BCUT2D eigenvalue weighted by Crippen LogP contribution is 2.19. The lowest BCUT2D eigenvalue weighted by atomic mass is 9.72. The molecule has 1 aliphatic rings. The number of hydrogen-bond donors (Lipinski definition) is 3. The van der Waals surface area contributed by atoms with Crippen molar-refractivity contribution >= 4 is 30.8 Å². The zero-order chi connectivity index (χ0) is 28.6. The second-order valence-electron chi connectivity index (χ2n) is 11.0. The van der Waals surface area contributed by atoms with Crippen LogP contribution in [0.2, 0.25) is 0 Å². The summed E-state index contributed by atoms with van der Waals surface area (Å²) in [4.78, 5) is 59.6. The van der Waals surface area contributed by atoms with E-state index in [-0.39, 0.29) is 24.5 Å². The summed E-state index contributed by atoms with van der Waals surface area (Å²) < 4.78 is 11.3. The van der Waals surface area contributed by atoms with Crippen LogP contribution in [0.1, 0.15) is 63.5 Å². The van der Waals surface area contributed by atoms with Crippen LogP contribution in [0.4, 0.5) is 0 Å². The van der Waals surface area contributed by atoms with Gasteiger partial charge in [-0.3, -0.25) is 24.2 Å². The standard InChI is InChI=1S/C27H36BN5O6/c1-17(2)13-22(28-38-21(15-23(34)39-28)26(37)33-27(3,4)5)32-24(35)19(14-18-9-7-6-8-10-18)31-25(36)20-16-29-11-12-30-20/h6-12,16-17,19,21-22H,13-15H2,1-5H3,(H,31,36)(H,32,35)(H,33,37)/t19?,21?,22-/m0/s1. The number of nitrogens with zero attached hydrogens (tertiary/aromatic N) is 2. The third-order valence-corrected chi connectivity index (χ3v) is 5.77. The molecular formula is C27H36BN5O6. The SMILES string of the molecule is CC(C)C[C@H](NC(=O)C(Cc1ccccc1)NC(=O)c1cnccn1)B1OC(=O)CC(C(=O)NC(C)(C)C)O1. The summed E-state index contributed by atoms with van der Waals surface area (Å²) >= 11 is 0. The molecule has 11 nitrogen and oxygen atoms in total. The number of carbonyl (C=O) groups is 4. The Labute approximate surface area is 229 Å². The molecule has 208 valence electrons. The zero-order valence-corrected chi connectivity index (χ0v) is 23.0. The van der Waals surface area contributed by atoms with Gasteiger partial charge in [0.15, 0.2) is 0 Å². The number of carbonyl (C=O) groups excluding carboxylic acids is 4. The molecule has 1 aliphatic heterocycles. The monoisotopic (exact) mass is 537 g/mol. The predicted octanol–water partition coefficient (Wildman–Crippen LogP) is 1.62. The van der Waals surface area contributed by atoms with Gasteiger partial charge < -0.3 is 25.3 Å². The van der Waals surface area contributed by atoms with Crippen molar-refractivity contribution in [1.82, 2.24) is 25.9 Å². The van der Waals surface area contributed by atoms with Gasteiger partial charge in [0.1, 0.15) is 17.8 Å². The Morgan fingerprint density at radius 3 is 2.44 bits per heavy atom. The summed E-state index contributed by atoms with van der Waals surface area (Å²) in [6.45, 7) is 9.38. The molecule has 0 aliphatic carbocycles. The number of benzene rings is 1. The number of aromatic nitrogens is 2. The van der Waals surface area contributed by atoms with Crippen molar-refractivity contribution in [3.8, 4) is 0 Å². The summed E-state index contributed by atoms with van der Waals surface area (Å²) in [5.74, 6) is -2.76. The van der Waals surface area contributed by atoms with Crippen molar-refractivity contribution in [1.29, 1.82) is 0 Å². The highest BCUT2D eigenvalue weighted by Gasteiger charge is 2.45. The number of amides is 3. The molecule has 0 saturated carbocycles. The average molecular weight is 537 g/mol. The Hall–Kier alpha value is -3.80. The Morgan fingerprint density at radius 2 is 1.82 bits per heavy atom. The topological polar surface area (TPSA) is 149 Å². The van der Waals surface area contributed by atoms with Crippen LogP contribution in [0.15, 0.2) is 48.9 Å². The maximum Gasteiger partial charge on any atom is 0.551 e. The van der Waals surface area contributed by atoms with E-state index in [0.29, 0.717) is 6.42 Å². The first-order valence-corrected chi connectivity index (χ1v) is 13.0. The predicted molar refractivity (Wildman–Crippen MR) is 144 cm³/mol. The van der Waals surface area contributed by atoms with E-state index in [4.69, 9.17) is 9.31 Å². The first-order chi connectivity index (χ1) is 18.4. The van der Waals surface area contributed by atoms with Crippen molar-refractivity contribution in [2.45, 2.75) is 77.5 Å². The molecule has 3 rings (SSSR count). The van der Waals surface area contributed by atoms with Gasteiger partial charge in [0.05, 0.1) is 18.6 Å². The molecule has 3 N–H and O–H groups in total. The van der Waals surface area contributed by atoms with Gasteiger partial charge in [-0.25, -0.2) is 4.98 Å². The Balaban J connectivity index is 1.80. The third-order valence-electron chi connectivity index (χ3n) is 5.77. The van der Waals surface area contributed by atoms with E-state index in [0.717, 1.165) is 5.56 Å². The summed E-state index contributed by atoms with van der Waals surface area (Å²) in [5.41, 5.74) is 0.380. The molecule has 0 bridgehead atoms. The molecule has 1 aromatic carbocycles. The van der Waals surface area contributed by atoms with Gasteiger partial charge in [-0.05, 0) is 38.7 Å². The molecule has 39 heavy (non-hydrogen) atoms. The minimum atomic E-state index is -1.18. The lowest BCUT2D eigenvalue weighted by Gasteiger charge is -2.34. The molecule has 0 spiro atoms. The largest absolute Gasteiger partial charge is 0.551 e. The van der Waals surface area contributed by atoms with E-state index < -0.39 is 54.4 Å². The molecule has 12 heteroatoms. The van der Waals surface area contributed by atoms with Gasteiger partial charge in [-0.15, -0.1) is 0 Å². The summed E-state index contributed by atoms with van der Waals surface area (Å²) in [7, 11) is -1.18. The van der Waals surface area contributed by atoms with Crippen LogP contribution in [0.25, 0.3) is 0 Å². The van der Waals surface area contributed by atoms with Gasteiger partial charge in [-0.1, -0.05) is 44.2 Å². The van der Waals surface area contributed by atoms with Crippen LogP contribution in [-0.4, -0.2) is 64.4 Å². The fraction of sp³-hybridized carbons (Fsp3) is 0.481. The molecule has 1 saturated heterocycles. The van der Waals surface area contributed by atoms with E-state index in [9.17, 15) is 19.2 Å². The summed E-state index contributed by atoms with van der Waals surface area (Å²) in [6, 6.07) is 8.27. The summed E-state index contributed by atoms with van der Waals surface area (Å²) in [5, 5.41) is 8.45. The van der Waals surface area contributed by atoms with Crippen LogP contribution < -0.4 is 16.0 Å². The van der Waals surface area contributed by atoms with Crippen LogP contribution in [0.5, 0.6) is 0 Å². The van der Waals surface area contributed by atoms with Gasteiger partial charge in [0, 0.05) is 24.4 Å². The maximum atomic E-state index is 13.6. The number of nitrogens with one attached hydrogen (secondary N) is 3. The molecule has 1 aromatic heterocycles. The molecular weight excluding hydrogens is 501 g/mol. The highest BCUT2D eigenvalue weighted by atomic mass is 16.6. The van der Waals surface area contributed by atoms with Crippen LogP contribution in [0, 0.1) is 5.92 Å². The first-order valence-electron chi connectivity index (χ1n) is 13.0. The van der Waals surface area contributed by atoms with Crippen molar-refractivity contribution in [3.63, 3.8) is 0 Å². The van der Waals surface area contributed by atoms with Crippen molar-refractivity contribution in [2.75, 3.05) is 0 Å². The number of rotatable bonds is 10. The molecule has 3 atom stereocenters. The van der Waals surface area contributed by atoms with Crippen LogP contribution >= 0.6 is 0 Å². The van der Waals surface area contributed by atoms with Gasteiger partial charge in [0.25, 0.3) is 11.9 Å². The smallest absolute Gasteiger partial charge is 0.508 e. The van der Waals surface area contributed by atoms with Crippen LogP contribution in [-0.2, 0) is 30.1 Å². The molecule has 2 unspecified atom stereocenters. The normalized spacial score (nSPS) is 17.1.